The van der Waals surface area contributed by atoms with Gasteiger partial charge in [0.05, 0.1) is 4.90 Å². The third-order valence-electron chi connectivity index (χ3n) is 3.26. The highest BCUT2D eigenvalue weighted by atomic mass is 32.2. The van der Waals surface area contributed by atoms with Crippen molar-refractivity contribution >= 4 is 21.4 Å². The molecule has 1 fully saturated rings. The molecular formula is C12H20N2O2S2. The number of rotatable bonds is 4. The van der Waals surface area contributed by atoms with E-state index in [1.807, 2.05) is 7.05 Å². The minimum absolute atomic E-state index is 0.0941. The molecular weight excluding hydrogens is 268 g/mol. The zero-order chi connectivity index (χ0) is 13.4. The number of hydrogen-bond acceptors (Lipinski definition) is 4. The highest BCUT2D eigenvalue weighted by Gasteiger charge is 2.37. The molecule has 0 atom stereocenters. The van der Waals surface area contributed by atoms with Gasteiger partial charge >= 0.3 is 0 Å². The van der Waals surface area contributed by atoms with Crippen LogP contribution in [0.15, 0.2) is 16.3 Å². The van der Waals surface area contributed by atoms with Crippen LogP contribution in [0.4, 0.5) is 0 Å². The molecule has 18 heavy (non-hydrogen) atoms. The van der Waals surface area contributed by atoms with Crippen molar-refractivity contribution in [3.63, 3.8) is 0 Å². The molecule has 102 valence electrons. The summed E-state index contributed by atoms with van der Waals surface area (Å²) in [6, 6.07) is 1.78. The SMILES string of the molecule is CNCc1cc(S(=O)(=O)N2CCC(C)(C)C2)cs1. The highest BCUT2D eigenvalue weighted by molar-refractivity contribution is 7.89. The third-order valence-corrected chi connectivity index (χ3v) is 6.17. The van der Waals surface area contributed by atoms with Gasteiger partial charge in [0.15, 0.2) is 0 Å². The molecule has 4 nitrogen and oxygen atoms in total. The monoisotopic (exact) mass is 288 g/mol. The molecule has 0 radical (unpaired) electrons. The van der Waals surface area contributed by atoms with Crippen molar-refractivity contribution in [3.8, 4) is 0 Å². The molecule has 0 aromatic carbocycles. The molecule has 1 saturated heterocycles. The second kappa shape index (κ2) is 4.92. The molecule has 2 rings (SSSR count). The van der Waals surface area contributed by atoms with Gasteiger partial charge in [0, 0.05) is 29.9 Å². The van der Waals surface area contributed by atoms with E-state index in [-0.39, 0.29) is 5.41 Å². The van der Waals surface area contributed by atoms with Crippen LogP contribution in [0.25, 0.3) is 0 Å². The van der Waals surface area contributed by atoms with Crippen molar-refractivity contribution in [2.75, 3.05) is 20.1 Å². The largest absolute Gasteiger partial charge is 0.315 e. The first kappa shape index (κ1) is 14.0. The average Bonchev–Trinajstić information content (AvgIpc) is 2.86. The first-order valence-corrected chi connectivity index (χ1v) is 8.39. The Kier molecular flexibility index (Phi) is 3.82. The fourth-order valence-corrected chi connectivity index (χ4v) is 5.08. The second-order valence-corrected chi connectivity index (χ2v) is 8.47. The summed E-state index contributed by atoms with van der Waals surface area (Å²) >= 11 is 1.49. The predicted molar refractivity (Wildman–Crippen MR) is 74.2 cm³/mol. The molecule has 1 aromatic rings. The van der Waals surface area contributed by atoms with Gasteiger partial charge < -0.3 is 5.32 Å². The normalized spacial score (nSPS) is 20.4. The second-order valence-electron chi connectivity index (χ2n) is 5.53. The first-order chi connectivity index (χ1) is 8.35. The Morgan fingerprint density at radius 1 is 1.50 bits per heavy atom. The zero-order valence-electron chi connectivity index (χ0n) is 11.1. The van der Waals surface area contributed by atoms with Crippen LogP contribution in [0, 0.1) is 5.41 Å². The molecule has 2 heterocycles. The lowest BCUT2D eigenvalue weighted by Gasteiger charge is -2.19. The van der Waals surface area contributed by atoms with Crippen LogP contribution in [0.1, 0.15) is 25.1 Å². The van der Waals surface area contributed by atoms with Crippen LogP contribution in [0.5, 0.6) is 0 Å². The fourth-order valence-electron chi connectivity index (χ4n) is 2.18. The maximum absolute atomic E-state index is 12.5. The van der Waals surface area contributed by atoms with Gasteiger partial charge in [-0.15, -0.1) is 11.3 Å². The summed E-state index contributed by atoms with van der Waals surface area (Å²) in [6.45, 7) is 6.19. The van der Waals surface area contributed by atoms with Gasteiger partial charge in [-0.1, -0.05) is 13.8 Å². The molecule has 1 aliphatic rings. The van der Waals surface area contributed by atoms with Gasteiger partial charge in [-0.25, -0.2) is 8.42 Å². The van der Waals surface area contributed by atoms with Gasteiger partial charge in [-0.2, -0.15) is 4.31 Å². The molecule has 0 bridgehead atoms. The maximum atomic E-state index is 12.5. The third kappa shape index (κ3) is 2.77. The van der Waals surface area contributed by atoms with E-state index in [4.69, 9.17) is 0 Å². The number of sulfonamides is 1. The van der Waals surface area contributed by atoms with Crippen LogP contribution < -0.4 is 5.32 Å². The number of thiophene rings is 1. The van der Waals surface area contributed by atoms with E-state index in [1.165, 1.54) is 11.3 Å². The lowest BCUT2D eigenvalue weighted by Crippen LogP contribution is -2.30. The summed E-state index contributed by atoms with van der Waals surface area (Å²) in [5.74, 6) is 0. The summed E-state index contributed by atoms with van der Waals surface area (Å²) in [5.41, 5.74) is 0.0941. The van der Waals surface area contributed by atoms with Gasteiger partial charge in [-0.3, -0.25) is 0 Å². The van der Waals surface area contributed by atoms with E-state index in [0.717, 1.165) is 11.3 Å². The summed E-state index contributed by atoms with van der Waals surface area (Å²) < 4.78 is 26.5. The minimum atomic E-state index is -3.29. The van der Waals surface area contributed by atoms with E-state index in [1.54, 1.807) is 15.8 Å². The quantitative estimate of drug-likeness (QED) is 0.920. The van der Waals surface area contributed by atoms with Gasteiger partial charge in [0.25, 0.3) is 0 Å². The zero-order valence-corrected chi connectivity index (χ0v) is 12.7. The lowest BCUT2D eigenvalue weighted by atomic mass is 9.93. The summed E-state index contributed by atoms with van der Waals surface area (Å²) in [7, 11) is -1.43. The molecule has 0 amide bonds. The Labute approximate surface area is 113 Å². The van der Waals surface area contributed by atoms with Crippen molar-refractivity contribution in [1.29, 1.82) is 0 Å². The molecule has 0 aliphatic carbocycles. The van der Waals surface area contributed by atoms with E-state index in [2.05, 4.69) is 19.2 Å². The Bertz CT molecular complexity index is 520. The maximum Gasteiger partial charge on any atom is 0.243 e. The van der Waals surface area contributed by atoms with Gasteiger partial charge in [0.2, 0.25) is 10.0 Å². The van der Waals surface area contributed by atoms with E-state index in [0.29, 0.717) is 24.5 Å². The molecule has 1 N–H and O–H groups in total. The number of hydrogen-bond donors (Lipinski definition) is 1. The molecule has 1 aromatic heterocycles. The minimum Gasteiger partial charge on any atom is -0.315 e. The number of nitrogens with zero attached hydrogens (tertiary/aromatic N) is 1. The molecule has 6 heteroatoms. The number of nitrogens with one attached hydrogen (secondary N) is 1. The van der Waals surface area contributed by atoms with Crippen LogP contribution >= 0.6 is 11.3 Å². The molecule has 0 saturated carbocycles. The van der Waals surface area contributed by atoms with Crippen molar-refractivity contribution in [1.82, 2.24) is 9.62 Å². The van der Waals surface area contributed by atoms with Gasteiger partial charge in [-0.05, 0) is 24.9 Å². The molecule has 1 aliphatic heterocycles. The van der Waals surface area contributed by atoms with Crippen LogP contribution in [-0.4, -0.2) is 32.9 Å². The van der Waals surface area contributed by atoms with Crippen molar-refractivity contribution in [2.45, 2.75) is 31.7 Å². The molecule has 0 unspecified atom stereocenters. The molecule has 0 spiro atoms. The lowest BCUT2D eigenvalue weighted by molar-refractivity contribution is 0.375. The topological polar surface area (TPSA) is 49.4 Å². The standard InChI is InChI=1S/C12H20N2O2S2/c1-12(2)4-5-14(9-12)18(15,16)11-6-10(7-13-3)17-8-11/h6,8,13H,4-5,7,9H2,1-3H3. The van der Waals surface area contributed by atoms with E-state index >= 15 is 0 Å². The summed E-state index contributed by atoms with van der Waals surface area (Å²) in [5, 5.41) is 4.78. The summed E-state index contributed by atoms with van der Waals surface area (Å²) in [4.78, 5) is 1.49. The smallest absolute Gasteiger partial charge is 0.243 e. The van der Waals surface area contributed by atoms with E-state index < -0.39 is 10.0 Å². The van der Waals surface area contributed by atoms with Crippen LogP contribution in [0.2, 0.25) is 0 Å². The Morgan fingerprint density at radius 3 is 2.78 bits per heavy atom. The Hall–Kier alpha value is -0.430. The first-order valence-electron chi connectivity index (χ1n) is 6.07. The van der Waals surface area contributed by atoms with E-state index in [9.17, 15) is 8.42 Å². The van der Waals surface area contributed by atoms with Crippen molar-refractivity contribution in [2.24, 2.45) is 5.41 Å². The van der Waals surface area contributed by atoms with Crippen LogP contribution in [0.3, 0.4) is 0 Å². The Balaban J connectivity index is 2.20. The average molecular weight is 288 g/mol. The fraction of sp³-hybridized carbons (Fsp3) is 0.667. The van der Waals surface area contributed by atoms with Crippen LogP contribution in [-0.2, 0) is 16.6 Å². The van der Waals surface area contributed by atoms with Crippen molar-refractivity contribution < 1.29 is 8.42 Å². The Morgan fingerprint density at radius 2 is 2.22 bits per heavy atom. The van der Waals surface area contributed by atoms with Crippen molar-refractivity contribution in [3.05, 3.63) is 16.3 Å². The highest BCUT2D eigenvalue weighted by Crippen LogP contribution is 2.33. The summed E-state index contributed by atoms with van der Waals surface area (Å²) in [6.07, 6.45) is 0.930. The van der Waals surface area contributed by atoms with Gasteiger partial charge in [0.1, 0.15) is 0 Å². The predicted octanol–water partition coefficient (Wildman–Crippen LogP) is 1.89.